The number of carbonyl (C=O) groups excluding carboxylic acids is 2. The van der Waals surface area contributed by atoms with Crippen LogP contribution in [0.5, 0.6) is 0 Å². The quantitative estimate of drug-likeness (QED) is 0.274. The highest BCUT2D eigenvalue weighted by atomic mass is 16.6. The maximum absolute atomic E-state index is 12.5. The number of aliphatic hydroxyl groups excluding tert-OH is 2. The van der Waals surface area contributed by atoms with Crippen molar-refractivity contribution in [3.8, 4) is 0 Å². The molecule has 2 amide bonds. The van der Waals surface area contributed by atoms with Crippen molar-refractivity contribution in [1.82, 2.24) is 35.1 Å². The largest absolute Gasteiger partial charge is 0.449 e. The number of imidazole rings is 1. The molecule has 4 fully saturated rings. The minimum atomic E-state index is -1.38. The number of nitrogens with zero attached hydrogens (tertiary/aromatic N) is 5. The Kier molecular flexibility index (Phi) is 8.24. The van der Waals surface area contributed by atoms with Gasteiger partial charge in [0.05, 0.1) is 12.9 Å². The number of hydrogen-bond acceptors (Lipinski definition) is 11. The van der Waals surface area contributed by atoms with Crippen LogP contribution in [0.25, 0.3) is 11.2 Å². The first-order valence-electron chi connectivity index (χ1n) is 14.8. The first kappa shape index (κ1) is 28.1. The van der Waals surface area contributed by atoms with Crippen molar-refractivity contribution in [3.63, 3.8) is 0 Å². The zero-order valence-electron chi connectivity index (χ0n) is 23.2. The van der Waals surface area contributed by atoms with Crippen LogP contribution in [0.3, 0.4) is 0 Å². The highest BCUT2D eigenvalue weighted by Crippen LogP contribution is 2.33. The summed E-state index contributed by atoms with van der Waals surface area (Å²) in [6.45, 7) is 3.80. The minimum absolute atomic E-state index is 0.104. The number of fused-ring (bicyclic) bond motifs is 1. The van der Waals surface area contributed by atoms with Gasteiger partial charge in [-0.2, -0.15) is 0 Å². The van der Waals surface area contributed by atoms with Crippen molar-refractivity contribution < 1.29 is 29.3 Å². The third-order valence-electron chi connectivity index (χ3n) is 8.68. The van der Waals surface area contributed by atoms with Crippen LogP contribution in [-0.4, -0.2) is 104 Å². The van der Waals surface area contributed by atoms with Gasteiger partial charge in [-0.1, -0.05) is 0 Å². The van der Waals surface area contributed by atoms with Crippen molar-refractivity contribution in [1.29, 1.82) is 0 Å². The summed E-state index contributed by atoms with van der Waals surface area (Å²) >= 11 is 0. The number of nitrogen functional groups attached to an aromatic ring is 1. The first-order chi connectivity index (χ1) is 19.9. The summed E-state index contributed by atoms with van der Waals surface area (Å²) in [5, 5.41) is 27.3. The lowest BCUT2D eigenvalue weighted by atomic mass is 9.91. The Morgan fingerprint density at radius 2 is 1.93 bits per heavy atom. The van der Waals surface area contributed by atoms with E-state index in [0.717, 1.165) is 58.0 Å². The molecule has 224 valence electrons. The fraction of sp³-hybridized carbons (Fsp3) is 0.741. The van der Waals surface area contributed by atoms with Crippen LogP contribution >= 0.6 is 0 Å². The Hall–Kier alpha value is -3.07. The molecule has 1 saturated carbocycles. The highest BCUT2D eigenvalue weighted by Gasteiger charge is 2.48. The standard InChI is InChI=1S/C27H40N8O6/c28-23-19-24(35(14-30-19)26-21(37)20(36)22(41-26)25(38)31-17-4-5-17)33-18(32-23)3-1-2-15-7-10-34(11-8-15)27(39)40-13-16-6-9-29-12-16/h14-17,20-22,26,29,36-37H,1-13H2,(H,31,38)(H2,28,32,33)/t16?,20-,21?,22+,26-/m1/s1. The van der Waals surface area contributed by atoms with Gasteiger partial charge in [0.2, 0.25) is 0 Å². The number of carbonyl (C=O) groups is 2. The van der Waals surface area contributed by atoms with Gasteiger partial charge in [-0.3, -0.25) is 9.36 Å². The lowest BCUT2D eigenvalue weighted by Crippen LogP contribution is -2.43. The zero-order chi connectivity index (χ0) is 28.5. The Balaban J connectivity index is 1.01. The number of amides is 2. The molecule has 0 radical (unpaired) electrons. The molecule has 3 aliphatic heterocycles. The van der Waals surface area contributed by atoms with Gasteiger partial charge in [-0.15, -0.1) is 0 Å². The highest BCUT2D eigenvalue weighted by molar-refractivity contribution is 5.83. The van der Waals surface area contributed by atoms with Crippen LogP contribution in [-0.2, 0) is 20.7 Å². The number of aliphatic hydroxyl groups is 2. The molecule has 6 rings (SSSR count). The van der Waals surface area contributed by atoms with E-state index in [4.69, 9.17) is 15.2 Å². The van der Waals surface area contributed by atoms with Crippen LogP contribution in [0.2, 0.25) is 0 Å². The molecule has 5 atom stereocenters. The van der Waals surface area contributed by atoms with Crippen LogP contribution in [0.15, 0.2) is 6.33 Å². The van der Waals surface area contributed by atoms with Gasteiger partial charge in [-0.05, 0) is 57.4 Å². The maximum Gasteiger partial charge on any atom is 0.409 e. The molecule has 3 saturated heterocycles. The molecular formula is C27H40N8O6. The number of piperidine rings is 1. The van der Waals surface area contributed by atoms with E-state index in [1.165, 1.54) is 10.9 Å². The molecule has 1 aliphatic carbocycles. The van der Waals surface area contributed by atoms with Crippen molar-refractivity contribution in [2.75, 3.05) is 38.5 Å². The van der Waals surface area contributed by atoms with E-state index in [9.17, 15) is 19.8 Å². The van der Waals surface area contributed by atoms with Gasteiger partial charge < -0.3 is 41.0 Å². The summed E-state index contributed by atoms with van der Waals surface area (Å²) < 4.78 is 12.8. The second-order valence-corrected chi connectivity index (χ2v) is 11.8. The molecule has 0 spiro atoms. The zero-order valence-corrected chi connectivity index (χ0v) is 23.2. The molecule has 0 aromatic carbocycles. The number of aromatic nitrogens is 4. The molecule has 5 heterocycles. The molecule has 14 nitrogen and oxygen atoms in total. The lowest BCUT2D eigenvalue weighted by Gasteiger charge is -2.31. The molecule has 6 N–H and O–H groups in total. The summed E-state index contributed by atoms with van der Waals surface area (Å²) in [6.07, 6.45) is 3.43. The van der Waals surface area contributed by atoms with Crippen LogP contribution in [0, 0.1) is 11.8 Å². The maximum atomic E-state index is 12.5. The van der Waals surface area contributed by atoms with E-state index in [-0.39, 0.29) is 18.0 Å². The molecular weight excluding hydrogens is 532 g/mol. The smallest absolute Gasteiger partial charge is 0.409 e. The average Bonchev–Trinajstić information content (AvgIpc) is 3.32. The molecule has 4 aliphatic rings. The number of anilines is 1. The number of rotatable bonds is 9. The Morgan fingerprint density at radius 1 is 1.12 bits per heavy atom. The van der Waals surface area contributed by atoms with Gasteiger partial charge in [-0.25, -0.2) is 19.7 Å². The van der Waals surface area contributed by atoms with Crippen molar-refractivity contribution in [2.24, 2.45) is 11.8 Å². The number of aryl methyl sites for hydroxylation is 1. The minimum Gasteiger partial charge on any atom is -0.449 e. The van der Waals surface area contributed by atoms with E-state index in [1.807, 2.05) is 4.90 Å². The van der Waals surface area contributed by atoms with E-state index in [0.29, 0.717) is 54.9 Å². The predicted octanol–water partition coefficient (Wildman–Crippen LogP) is 0.0871. The molecule has 2 unspecified atom stereocenters. The average molecular weight is 573 g/mol. The fourth-order valence-corrected chi connectivity index (χ4v) is 5.99. The van der Waals surface area contributed by atoms with Gasteiger partial charge >= 0.3 is 6.09 Å². The van der Waals surface area contributed by atoms with Gasteiger partial charge in [0.1, 0.15) is 23.5 Å². The molecule has 2 aromatic heterocycles. The second-order valence-electron chi connectivity index (χ2n) is 11.8. The van der Waals surface area contributed by atoms with E-state index in [2.05, 4.69) is 25.6 Å². The number of likely N-dealkylation sites (tertiary alicyclic amines) is 1. The van der Waals surface area contributed by atoms with Gasteiger partial charge in [0.25, 0.3) is 5.91 Å². The normalized spacial score (nSPS) is 28.8. The van der Waals surface area contributed by atoms with Gasteiger partial charge in [0, 0.05) is 38.0 Å². The van der Waals surface area contributed by atoms with Crippen molar-refractivity contribution in [2.45, 2.75) is 81.9 Å². The summed E-state index contributed by atoms with van der Waals surface area (Å²) in [4.78, 5) is 40.1. The third-order valence-corrected chi connectivity index (χ3v) is 8.68. The predicted molar refractivity (Wildman–Crippen MR) is 146 cm³/mol. The van der Waals surface area contributed by atoms with E-state index >= 15 is 0 Å². The summed E-state index contributed by atoms with van der Waals surface area (Å²) in [5.41, 5.74) is 6.94. The van der Waals surface area contributed by atoms with Crippen LogP contribution in [0.4, 0.5) is 10.6 Å². The van der Waals surface area contributed by atoms with Crippen LogP contribution in [0.1, 0.15) is 57.0 Å². The number of nitrogens with two attached hydrogens (primary N) is 1. The molecule has 41 heavy (non-hydrogen) atoms. The number of nitrogens with one attached hydrogen (secondary N) is 2. The summed E-state index contributed by atoms with van der Waals surface area (Å²) in [5.74, 6) is 1.26. The SMILES string of the molecule is Nc1nc(CCCC2CCN(C(=O)OCC3CCNC3)CC2)nc2c1ncn2[C@@H]1O[C@H](C(=O)NC2CC2)[C@H](O)C1O. The number of ether oxygens (including phenoxy) is 2. The van der Waals surface area contributed by atoms with Crippen LogP contribution < -0.4 is 16.4 Å². The lowest BCUT2D eigenvalue weighted by molar-refractivity contribution is -0.137. The van der Waals surface area contributed by atoms with Crippen molar-refractivity contribution in [3.05, 3.63) is 12.2 Å². The molecule has 14 heteroatoms. The Bertz CT molecular complexity index is 1240. The Labute approximate surface area is 238 Å². The fourth-order valence-electron chi connectivity index (χ4n) is 5.99. The Morgan fingerprint density at radius 3 is 2.66 bits per heavy atom. The monoisotopic (exact) mass is 572 g/mol. The topological polar surface area (TPSA) is 190 Å². The van der Waals surface area contributed by atoms with E-state index < -0.39 is 30.4 Å². The molecule has 2 aromatic rings. The second kappa shape index (κ2) is 12.0. The first-order valence-corrected chi connectivity index (χ1v) is 14.8. The summed E-state index contributed by atoms with van der Waals surface area (Å²) in [7, 11) is 0. The third kappa shape index (κ3) is 6.25. The van der Waals surface area contributed by atoms with E-state index in [1.54, 1.807) is 0 Å². The summed E-state index contributed by atoms with van der Waals surface area (Å²) in [6, 6.07) is 0.104. The van der Waals surface area contributed by atoms with Crippen molar-refractivity contribution >= 4 is 29.0 Å². The molecule has 0 bridgehead atoms. The number of hydrogen-bond donors (Lipinski definition) is 5. The van der Waals surface area contributed by atoms with Gasteiger partial charge in [0.15, 0.2) is 23.8 Å².